The normalized spacial score (nSPS) is 35.7. The Morgan fingerprint density at radius 3 is 2.32 bits per heavy atom. The van der Waals surface area contributed by atoms with Crippen molar-refractivity contribution in [2.75, 3.05) is 5.32 Å². The van der Waals surface area contributed by atoms with Crippen LogP contribution in [0.3, 0.4) is 0 Å². The van der Waals surface area contributed by atoms with Crippen LogP contribution < -0.4 is 5.32 Å². The van der Waals surface area contributed by atoms with Crippen LogP contribution in [0.2, 0.25) is 0 Å². The van der Waals surface area contributed by atoms with E-state index in [1.807, 2.05) is 31.2 Å². The van der Waals surface area contributed by atoms with Crippen molar-refractivity contribution in [3.05, 3.63) is 27.8 Å². The minimum atomic E-state index is -0.679. The third-order valence-corrected chi connectivity index (χ3v) is 8.14. The average molecular weight is 476 g/mol. The summed E-state index contributed by atoms with van der Waals surface area (Å²) >= 11 is 5.78. The molecule has 3 atom stereocenters. The van der Waals surface area contributed by atoms with E-state index in [0.29, 0.717) is 0 Å². The smallest absolute Gasteiger partial charge is 0.232 e. The molecule has 2 saturated carbocycles. The van der Waals surface area contributed by atoms with E-state index in [2.05, 4.69) is 57.7 Å². The minimum Gasteiger partial charge on any atom is -0.326 e. The Morgan fingerprint density at radius 1 is 1.23 bits per heavy atom. The molecule has 118 valence electrons. The number of anilines is 1. The highest BCUT2D eigenvalue weighted by Gasteiger charge is 2.76. The van der Waals surface area contributed by atoms with Gasteiger partial charge in [0.1, 0.15) is 0 Å². The number of fused-ring (bicyclic) bond motifs is 2. The van der Waals surface area contributed by atoms with E-state index in [4.69, 9.17) is 0 Å². The number of Topliss-reactive ketones (excluding diaryl/α,β-unsaturated/α-hetero) is 1. The maximum atomic E-state index is 13.1. The van der Waals surface area contributed by atoms with E-state index in [1.165, 1.54) is 0 Å². The summed E-state index contributed by atoms with van der Waals surface area (Å²) in [4.78, 5) is 25.4. The molecule has 3 nitrogen and oxygen atoms in total. The van der Waals surface area contributed by atoms with E-state index in [1.54, 1.807) is 0 Å². The third-order valence-electron chi connectivity index (χ3n) is 6.23. The van der Waals surface area contributed by atoms with Crippen LogP contribution in [0.25, 0.3) is 0 Å². The predicted molar refractivity (Wildman–Crippen MR) is 99.1 cm³/mol. The Balaban J connectivity index is 1.97. The van der Waals surface area contributed by atoms with Crippen LogP contribution in [-0.2, 0) is 9.59 Å². The highest BCUT2D eigenvalue weighted by Crippen LogP contribution is 2.72. The summed E-state index contributed by atoms with van der Waals surface area (Å²) < 4.78 is 1.12. The molecule has 1 aromatic carbocycles. The van der Waals surface area contributed by atoms with E-state index < -0.39 is 15.7 Å². The van der Waals surface area contributed by atoms with Gasteiger partial charge in [-0.3, -0.25) is 9.59 Å². The number of alkyl halides is 1. The molecule has 0 aliphatic heterocycles. The number of amides is 1. The first kappa shape index (κ1) is 16.4. The van der Waals surface area contributed by atoms with Gasteiger partial charge in [0.05, 0.1) is 10.2 Å². The van der Waals surface area contributed by atoms with Crippen molar-refractivity contribution in [2.24, 2.45) is 16.2 Å². The van der Waals surface area contributed by atoms with Gasteiger partial charge >= 0.3 is 0 Å². The first-order valence-electron chi connectivity index (χ1n) is 7.42. The molecule has 2 aliphatic rings. The molecule has 2 bridgehead atoms. The molecule has 5 heteroatoms. The summed E-state index contributed by atoms with van der Waals surface area (Å²) in [6, 6.07) is 7.72. The lowest BCUT2D eigenvalue weighted by Gasteiger charge is -2.39. The second kappa shape index (κ2) is 5.03. The van der Waals surface area contributed by atoms with E-state index in [0.717, 1.165) is 22.1 Å². The fourth-order valence-corrected chi connectivity index (χ4v) is 6.10. The van der Waals surface area contributed by atoms with Gasteiger partial charge in [0, 0.05) is 14.7 Å². The van der Waals surface area contributed by atoms with Crippen LogP contribution in [0, 0.1) is 19.8 Å². The van der Waals surface area contributed by atoms with Crippen molar-refractivity contribution < 1.29 is 9.59 Å². The molecule has 1 aromatic rings. The molecule has 0 aromatic heterocycles. The highest BCUT2D eigenvalue weighted by molar-refractivity contribution is 14.1. The minimum absolute atomic E-state index is 0.0461. The summed E-state index contributed by atoms with van der Waals surface area (Å²) in [6.45, 7) is 6.13. The van der Waals surface area contributed by atoms with Crippen LogP contribution in [0.1, 0.15) is 33.6 Å². The number of carbonyl (C=O) groups is 2. The molecule has 1 amide bonds. The first-order valence-corrected chi connectivity index (χ1v) is 9.42. The van der Waals surface area contributed by atoms with Gasteiger partial charge in [-0.1, -0.05) is 36.7 Å². The van der Waals surface area contributed by atoms with E-state index in [9.17, 15) is 9.59 Å². The quantitative estimate of drug-likeness (QED) is 0.509. The van der Waals surface area contributed by atoms with Crippen molar-refractivity contribution in [3.8, 4) is 0 Å². The fraction of sp³-hybridized carbons (Fsp3) is 0.529. The van der Waals surface area contributed by atoms with E-state index >= 15 is 0 Å². The number of halogens is 2. The summed E-state index contributed by atoms with van der Waals surface area (Å²) in [5.41, 5.74) is -0.687. The van der Waals surface area contributed by atoms with Crippen molar-refractivity contribution in [1.29, 1.82) is 0 Å². The zero-order valence-electron chi connectivity index (χ0n) is 12.9. The lowest BCUT2D eigenvalue weighted by molar-refractivity contribution is -0.130. The second-order valence-electron chi connectivity index (χ2n) is 7.12. The average Bonchev–Trinajstić information content (AvgIpc) is 2.74. The highest BCUT2D eigenvalue weighted by atomic mass is 127. The molecular weight excluding hydrogens is 457 g/mol. The third kappa shape index (κ3) is 1.84. The van der Waals surface area contributed by atoms with Crippen molar-refractivity contribution in [2.45, 2.75) is 38.4 Å². The summed E-state index contributed by atoms with van der Waals surface area (Å²) in [6.07, 6.45) is 1.52. The molecular formula is C17H19BrINO2. The number of hydrogen-bond donors (Lipinski definition) is 1. The molecule has 0 saturated heterocycles. The molecule has 22 heavy (non-hydrogen) atoms. The topological polar surface area (TPSA) is 46.2 Å². The van der Waals surface area contributed by atoms with Gasteiger partial charge in [-0.05, 0) is 65.1 Å². The van der Waals surface area contributed by atoms with Gasteiger partial charge < -0.3 is 5.32 Å². The number of nitrogens with one attached hydrogen (secondary N) is 1. The van der Waals surface area contributed by atoms with Gasteiger partial charge in [0.15, 0.2) is 5.78 Å². The molecule has 3 unspecified atom stereocenters. The molecule has 1 N–H and O–H groups in total. The summed E-state index contributed by atoms with van der Waals surface area (Å²) in [5.74, 6) is 0.122. The van der Waals surface area contributed by atoms with Crippen LogP contribution in [0.5, 0.6) is 0 Å². The number of carbonyl (C=O) groups excluding carboxylic acids is 2. The Kier molecular flexibility index (Phi) is 3.76. The standard InChI is InChI=1S/C17H19BrINO2/c1-15(2)16(3)8-9-17(15,12(18)13(16)21)14(22)20-11-6-4-10(19)5-7-11/h4-7,12H,8-9H2,1-3H3,(H,20,22). The van der Waals surface area contributed by atoms with Gasteiger partial charge in [0.2, 0.25) is 5.91 Å². The second-order valence-corrected chi connectivity index (χ2v) is 9.28. The van der Waals surface area contributed by atoms with Gasteiger partial charge in [-0.15, -0.1) is 0 Å². The summed E-state index contributed by atoms with van der Waals surface area (Å²) in [5, 5.41) is 3.03. The number of rotatable bonds is 2. The Labute approximate surface area is 152 Å². The van der Waals surface area contributed by atoms with Gasteiger partial charge in [0.25, 0.3) is 0 Å². The first-order chi connectivity index (χ1) is 10.2. The number of hydrogen-bond acceptors (Lipinski definition) is 2. The maximum Gasteiger partial charge on any atom is 0.232 e. The zero-order valence-corrected chi connectivity index (χ0v) is 16.6. The molecule has 2 fully saturated rings. The zero-order chi connectivity index (χ0) is 16.3. The molecule has 0 spiro atoms. The number of ketones is 1. The van der Waals surface area contributed by atoms with E-state index in [-0.39, 0.29) is 17.1 Å². The maximum absolute atomic E-state index is 13.1. The Morgan fingerprint density at radius 2 is 1.82 bits per heavy atom. The largest absolute Gasteiger partial charge is 0.326 e. The van der Waals surface area contributed by atoms with Gasteiger partial charge in [-0.2, -0.15) is 0 Å². The monoisotopic (exact) mass is 475 g/mol. The molecule has 2 aliphatic carbocycles. The van der Waals surface area contributed by atoms with Crippen LogP contribution in [-0.4, -0.2) is 16.5 Å². The lowest BCUT2D eigenvalue weighted by Crippen LogP contribution is -2.47. The van der Waals surface area contributed by atoms with Crippen LogP contribution >= 0.6 is 38.5 Å². The molecule has 0 heterocycles. The fourth-order valence-electron chi connectivity index (χ4n) is 4.23. The summed E-state index contributed by atoms with van der Waals surface area (Å²) in [7, 11) is 0. The number of benzene rings is 1. The molecule has 3 rings (SSSR count). The van der Waals surface area contributed by atoms with Crippen molar-refractivity contribution in [1.82, 2.24) is 0 Å². The van der Waals surface area contributed by atoms with Gasteiger partial charge in [-0.25, -0.2) is 0 Å². The van der Waals surface area contributed by atoms with Crippen molar-refractivity contribution in [3.63, 3.8) is 0 Å². The van der Waals surface area contributed by atoms with Crippen LogP contribution in [0.4, 0.5) is 5.69 Å². The predicted octanol–water partition coefficient (Wildman–Crippen LogP) is 4.39. The Bertz CT molecular complexity index is 657. The SMILES string of the molecule is CC12CCC(C(=O)Nc3ccc(I)cc3)(C(Br)C1=O)C2(C)C. The lowest BCUT2D eigenvalue weighted by atomic mass is 9.64. The Hall–Kier alpha value is -0.430. The van der Waals surface area contributed by atoms with Crippen molar-refractivity contribution >= 4 is 55.9 Å². The van der Waals surface area contributed by atoms with Crippen LogP contribution in [0.15, 0.2) is 24.3 Å². The molecule has 0 radical (unpaired) electrons.